The van der Waals surface area contributed by atoms with Crippen LogP contribution in [0.4, 0.5) is 0 Å². The summed E-state index contributed by atoms with van der Waals surface area (Å²) in [6.07, 6.45) is 0. The molecular weight excluding hydrogens is 131 g/mol. The Kier molecular flexibility index (Phi) is 1.85. The highest BCUT2D eigenvalue weighted by molar-refractivity contribution is 7.33. The third-order valence-corrected chi connectivity index (χ3v) is 1.33. The lowest BCUT2D eigenvalue weighted by molar-refractivity contribution is -0.177. The zero-order chi connectivity index (χ0) is 5.98. The van der Waals surface area contributed by atoms with E-state index >= 15 is 0 Å². The molecule has 46 valence electrons. The summed E-state index contributed by atoms with van der Waals surface area (Å²) in [5.74, 6) is 0. The summed E-state index contributed by atoms with van der Waals surface area (Å²) >= 11 is 0. The molecule has 1 fully saturated rings. The first-order valence-corrected chi connectivity index (χ1v) is 3.09. The Morgan fingerprint density at radius 3 is 2.75 bits per heavy atom. The molecule has 0 saturated carbocycles. The summed E-state index contributed by atoms with van der Waals surface area (Å²) < 4.78 is 11.0. The molecule has 0 aromatic rings. The minimum Gasteiger partial charge on any atom is -0.577 e. The summed E-state index contributed by atoms with van der Waals surface area (Å²) in [5, 5.41) is 0. The Hall–Kier alpha value is -0.100. The van der Waals surface area contributed by atoms with E-state index in [0.29, 0.717) is 0 Å². The topological polar surface area (TPSA) is 79.5 Å². The van der Waals surface area contributed by atoms with Crippen molar-refractivity contribution < 1.29 is 9.46 Å². The van der Waals surface area contributed by atoms with Gasteiger partial charge >= 0.3 is 8.18 Å². The number of hydrogen-bond donors (Lipinski definition) is 3. The molecule has 3 N–H and O–H groups in total. The summed E-state index contributed by atoms with van der Waals surface area (Å²) in [6.45, 7) is 0.263. The van der Waals surface area contributed by atoms with Crippen LogP contribution in [0.3, 0.4) is 0 Å². The van der Waals surface area contributed by atoms with Gasteiger partial charge in [-0.1, -0.05) is 4.57 Å². The maximum absolute atomic E-state index is 10.0. The van der Waals surface area contributed by atoms with Crippen molar-refractivity contribution in [1.82, 2.24) is 21.3 Å². The Morgan fingerprint density at radius 2 is 2.50 bits per heavy atom. The van der Waals surface area contributed by atoms with Crippen LogP contribution in [-0.4, -0.2) is 11.4 Å². The van der Waals surface area contributed by atoms with Crippen LogP contribution >= 0.6 is 8.18 Å². The lowest BCUT2D eigenvalue weighted by Gasteiger charge is -1.97. The summed E-state index contributed by atoms with van der Waals surface area (Å²) in [7, 11) is -2.50. The number of hydrazine groups is 3. The molecule has 1 aliphatic rings. The molecule has 1 rings (SSSR count). The van der Waals surface area contributed by atoms with Gasteiger partial charge in [-0.25, -0.2) is 5.43 Å². The largest absolute Gasteiger partial charge is 0.577 e. The molecule has 6 nitrogen and oxygen atoms in total. The van der Waals surface area contributed by atoms with Crippen molar-refractivity contribution in [3.05, 3.63) is 0 Å². The molecule has 7 heteroatoms. The maximum Gasteiger partial charge on any atom is 0.429 e. The van der Waals surface area contributed by atoms with Crippen LogP contribution in [0.1, 0.15) is 0 Å². The van der Waals surface area contributed by atoms with Crippen LogP contribution in [0.15, 0.2) is 0 Å². The van der Waals surface area contributed by atoms with E-state index < -0.39 is 8.18 Å². The van der Waals surface area contributed by atoms with Crippen LogP contribution < -0.4 is 21.4 Å². The number of nitrogens with one attached hydrogen (secondary N) is 3. The molecule has 1 atom stereocenters. The smallest absolute Gasteiger partial charge is 0.429 e. The normalized spacial score (nSPS) is 23.9. The van der Waals surface area contributed by atoms with Gasteiger partial charge in [0.25, 0.3) is 0 Å². The molecular formula is CH5N4O2P. The van der Waals surface area contributed by atoms with Gasteiger partial charge in [-0.05, 0) is 4.78 Å². The standard InChI is InChI=1S/CH5N4O2P/c6-8(7)5-1-2-3-4-5/h2-4H,1H2. The molecule has 1 aliphatic heterocycles. The Labute approximate surface area is 46.7 Å². The lowest BCUT2D eigenvalue weighted by Crippen LogP contribution is -2.34. The molecule has 0 bridgehead atoms. The first-order chi connectivity index (χ1) is 3.80. The zero-order valence-electron chi connectivity index (χ0n) is 3.92. The zero-order valence-corrected chi connectivity index (χ0v) is 4.81. The second kappa shape index (κ2) is 2.45. The van der Waals surface area contributed by atoms with E-state index in [9.17, 15) is 9.46 Å². The molecule has 1 heterocycles. The van der Waals surface area contributed by atoms with Crippen molar-refractivity contribution in [2.45, 2.75) is 0 Å². The highest BCUT2D eigenvalue weighted by Gasteiger charge is 2.20. The van der Waals surface area contributed by atoms with E-state index in [4.69, 9.17) is 0 Å². The molecule has 0 aromatic heterocycles. The predicted molar refractivity (Wildman–Crippen MR) is 23.7 cm³/mol. The van der Waals surface area contributed by atoms with Gasteiger partial charge in [-0.2, -0.15) is 5.53 Å². The minimum absolute atomic E-state index is 0.263. The molecule has 0 spiro atoms. The van der Waals surface area contributed by atoms with Gasteiger partial charge in [0, 0.05) is 0 Å². The quantitative estimate of drug-likeness (QED) is 0.355. The summed E-state index contributed by atoms with van der Waals surface area (Å²) in [5.41, 5.74) is 7.26. The van der Waals surface area contributed by atoms with Crippen molar-refractivity contribution in [2.24, 2.45) is 0 Å². The van der Waals surface area contributed by atoms with Gasteiger partial charge < -0.3 is 4.89 Å². The summed E-state index contributed by atoms with van der Waals surface area (Å²) in [6, 6.07) is 0. The number of hydrogen-bond acceptors (Lipinski definition) is 5. The van der Waals surface area contributed by atoms with Gasteiger partial charge in [-0.3, -0.25) is 0 Å². The molecule has 8 heavy (non-hydrogen) atoms. The van der Waals surface area contributed by atoms with Crippen molar-refractivity contribution in [3.63, 3.8) is 0 Å². The Balaban J connectivity index is 2.35. The third-order valence-electron chi connectivity index (χ3n) is 0.699. The van der Waals surface area contributed by atoms with Crippen LogP contribution in [0.5, 0.6) is 0 Å². The van der Waals surface area contributed by atoms with Crippen molar-refractivity contribution in [3.8, 4) is 0 Å². The van der Waals surface area contributed by atoms with E-state index in [0.717, 1.165) is 4.78 Å². The Bertz CT molecular complexity index is 100. The van der Waals surface area contributed by atoms with E-state index in [2.05, 4.69) is 16.5 Å². The highest BCUT2D eigenvalue weighted by atomic mass is 31.1. The molecule has 0 amide bonds. The van der Waals surface area contributed by atoms with Crippen molar-refractivity contribution in [1.29, 1.82) is 0 Å². The third kappa shape index (κ3) is 1.19. The van der Waals surface area contributed by atoms with Crippen LogP contribution in [-0.2, 0) is 4.57 Å². The molecule has 1 unspecified atom stereocenters. The van der Waals surface area contributed by atoms with Gasteiger partial charge in [-0.15, -0.1) is 5.53 Å². The van der Waals surface area contributed by atoms with Crippen LogP contribution in [0.2, 0.25) is 0 Å². The minimum atomic E-state index is -2.50. The fourth-order valence-electron chi connectivity index (χ4n) is 0.357. The molecule has 0 radical (unpaired) electrons. The molecule has 0 aromatic carbocycles. The SMILES string of the molecule is O=[P+]([O-])N1CNNN1. The number of rotatable bonds is 1. The van der Waals surface area contributed by atoms with E-state index in [-0.39, 0.29) is 6.67 Å². The number of nitrogens with zero attached hydrogens (tertiary/aromatic N) is 1. The predicted octanol–water partition coefficient (Wildman–Crippen LogP) is -2.21. The van der Waals surface area contributed by atoms with Crippen LogP contribution in [0.25, 0.3) is 0 Å². The Morgan fingerprint density at radius 1 is 1.75 bits per heavy atom. The van der Waals surface area contributed by atoms with Gasteiger partial charge in [0.1, 0.15) is 6.67 Å². The first-order valence-electron chi connectivity index (χ1n) is 1.96. The van der Waals surface area contributed by atoms with Crippen LogP contribution in [0, 0.1) is 0 Å². The average molecular weight is 136 g/mol. The molecule has 1 saturated heterocycles. The second-order valence-corrected chi connectivity index (χ2v) is 2.17. The molecule has 0 aliphatic carbocycles. The van der Waals surface area contributed by atoms with E-state index in [1.165, 1.54) is 0 Å². The lowest BCUT2D eigenvalue weighted by atomic mass is 11.2. The highest BCUT2D eigenvalue weighted by Crippen LogP contribution is 2.10. The van der Waals surface area contributed by atoms with Gasteiger partial charge in [0.05, 0.1) is 0 Å². The van der Waals surface area contributed by atoms with Crippen molar-refractivity contribution in [2.75, 3.05) is 6.67 Å². The van der Waals surface area contributed by atoms with Gasteiger partial charge in [0.2, 0.25) is 0 Å². The summed E-state index contributed by atoms with van der Waals surface area (Å²) in [4.78, 5) is 10.0. The maximum atomic E-state index is 10.0. The van der Waals surface area contributed by atoms with Gasteiger partial charge in [0.15, 0.2) is 0 Å². The second-order valence-electron chi connectivity index (χ2n) is 1.21. The van der Waals surface area contributed by atoms with Crippen molar-refractivity contribution >= 4 is 8.18 Å². The fourth-order valence-corrected chi connectivity index (χ4v) is 0.674. The fraction of sp³-hybridized carbons (Fsp3) is 1.00. The van der Waals surface area contributed by atoms with E-state index in [1.807, 2.05) is 0 Å². The average Bonchev–Trinajstić information content (AvgIpc) is 2.12. The monoisotopic (exact) mass is 136 g/mol. The first kappa shape index (κ1) is 6.03. The van der Waals surface area contributed by atoms with E-state index in [1.54, 1.807) is 0 Å².